The molecule has 0 saturated heterocycles. The number of Topliss-reactive ketones (excluding diaryl/α,β-unsaturated/α-hetero) is 1. The molecule has 0 atom stereocenters. The summed E-state index contributed by atoms with van der Waals surface area (Å²) in [7, 11) is 0. The number of hydrogen-bond donors (Lipinski definition) is 0. The van der Waals surface area contributed by atoms with Crippen molar-refractivity contribution in [3.8, 4) is 0 Å². The first-order valence-electron chi connectivity index (χ1n) is 4.80. The summed E-state index contributed by atoms with van der Waals surface area (Å²) in [6, 6.07) is 0. The molecule has 0 unspecified atom stereocenters. The Hall–Kier alpha value is -1.12. The standard InChI is InChI=1S/C10H11NO2/c12-9-7-6-11-13-8(7)2-5-10(9)3-1-4-10/h6H,1-5H2. The molecule has 3 nitrogen and oxygen atoms in total. The topological polar surface area (TPSA) is 43.1 Å². The molecular formula is C10H11NO2. The number of carbonyl (C=O) groups excluding carboxylic acids is 1. The number of ketones is 1. The number of rotatable bonds is 0. The average molecular weight is 177 g/mol. The third-order valence-electron chi connectivity index (χ3n) is 3.51. The second-order valence-corrected chi connectivity index (χ2v) is 4.13. The molecule has 1 fully saturated rings. The molecular weight excluding hydrogens is 166 g/mol. The molecule has 68 valence electrons. The Labute approximate surface area is 76.1 Å². The highest BCUT2D eigenvalue weighted by atomic mass is 16.5. The Kier molecular flexibility index (Phi) is 1.25. The van der Waals surface area contributed by atoms with Gasteiger partial charge < -0.3 is 4.52 Å². The first-order chi connectivity index (χ1) is 6.32. The van der Waals surface area contributed by atoms with E-state index in [0.717, 1.165) is 37.0 Å². The van der Waals surface area contributed by atoms with Crippen molar-refractivity contribution in [2.75, 3.05) is 0 Å². The van der Waals surface area contributed by atoms with Gasteiger partial charge in [0.15, 0.2) is 5.78 Å². The summed E-state index contributed by atoms with van der Waals surface area (Å²) in [5.41, 5.74) is 0.726. The van der Waals surface area contributed by atoms with Crippen LogP contribution in [0.1, 0.15) is 41.8 Å². The van der Waals surface area contributed by atoms with E-state index in [0.29, 0.717) is 0 Å². The highest BCUT2D eigenvalue weighted by Crippen LogP contribution is 2.49. The van der Waals surface area contributed by atoms with Gasteiger partial charge in [-0.3, -0.25) is 4.79 Å². The lowest BCUT2D eigenvalue weighted by Gasteiger charge is -2.42. The van der Waals surface area contributed by atoms with Gasteiger partial charge in [-0.25, -0.2) is 0 Å². The Morgan fingerprint density at radius 3 is 2.92 bits per heavy atom. The van der Waals surface area contributed by atoms with Crippen molar-refractivity contribution in [3.63, 3.8) is 0 Å². The van der Waals surface area contributed by atoms with Crippen LogP contribution < -0.4 is 0 Å². The van der Waals surface area contributed by atoms with Crippen molar-refractivity contribution in [1.82, 2.24) is 5.16 Å². The summed E-state index contributed by atoms with van der Waals surface area (Å²) in [5, 5.41) is 3.68. The molecule has 1 saturated carbocycles. The van der Waals surface area contributed by atoms with E-state index < -0.39 is 0 Å². The van der Waals surface area contributed by atoms with Gasteiger partial charge in [0.1, 0.15) is 5.76 Å². The zero-order valence-corrected chi connectivity index (χ0v) is 7.38. The van der Waals surface area contributed by atoms with Crippen molar-refractivity contribution in [1.29, 1.82) is 0 Å². The quantitative estimate of drug-likeness (QED) is 0.608. The number of hydrogen-bond acceptors (Lipinski definition) is 3. The average Bonchev–Trinajstić information content (AvgIpc) is 2.50. The minimum Gasteiger partial charge on any atom is -0.361 e. The molecule has 0 aromatic carbocycles. The Balaban J connectivity index is 2.06. The molecule has 1 aromatic heterocycles. The van der Waals surface area contributed by atoms with E-state index in [1.54, 1.807) is 6.20 Å². The first kappa shape index (κ1) is 7.30. The minimum absolute atomic E-state index is 0.0153. The van der Waals surface area contributed by atoms with Crippen LogP contribution in [0, 0.1) is 5.41 Å². The molecule has 1 heterocycles. The first-order valence-corrected chi connectivity index (χ1v) is 4.80. The van der Waals surface area contributed by atoms with Crippen LogP contribution >= 0.6 is 0 Å². The van der Waals surface area contributed by atoms with Crippen molar-refractivity contribution in [3.05, 3.63) is 17.5 Å². The van der Waals surface area contributed by atoms with Crippen LogP contribution in [0.2, 0.25) is 0 Å². The van der Waals surface area contributed by atoms with Gasteiger partial charge in [0.25, 0.3) is 0 Å². The summed E-state index contributed by atoms with van der Waals surface area (Å²) >= 11 is 0. The lowest BCUT2D eigenvalue weighted by atomic mass is 9.60. The highest BCUT2D eigenvalue weighted by molar-refractivity contribution is 6.02. The third-order valence-corrected chi connectivity index (χ3v) is 3.51. The molecule has 1 spiro atoms. The van der Waals surface area contributed by atoms with E-state index in [1.807, 2.05) is 0 Å². The largest absolute Gasteiger partial charge is 0.361 e. The fourth-order valence-electron chi connectivity index (χ4n) is 2.46. The lowest BCUT2D eigenvalue weighted by Crippen LogP contribution is -2.41. The van der Waals surface area contributed by atoms with E-state index in [1.165, 1.54) is 6.42 Å². The number of fused-ring (bicyclic) bond motifs is 1. The highest BCUT2D eigenvalue weighted by Gasteiger charge is 2.47. The second-order valence-electron chi connectivity index (χ2n) is 4.13. The Morgan fingerprint density at radius 2 is 2.23 bits per heavy atom. The molecule has 3 heteroatoms. The molecule has 0 N–H and O–H groups in total. The zero-order valence-electron chi connectivity index (χ0n) is 7.38. The maximum atomic E-state index is 12.0. The molecule has 2 aliphatic rings. The van der Waals surface area contributed by atoms with Crippen LogP contribution in [0.4, 0.5) is 0 Å². The van der Waals surface area contributed by atoms with E-state index in [9.17, 15) is 4.79 Å². The second kappa shape index (κ2) is 2.22. The maximum absolute atomic E-state index is 12.0. The number of aromatic nitrogens is 1. The molecule has 3 rings (SSSR count). The Morgan fingerprint density at radius 1 is 1.38 bits per heavy atom. The van der Waals surface area contributed by atoms with Crippen molar-refractivity contribution < 1.29 is 9.32 Å². The minimum atomic E-state index is -0.0153. The fraction of sp³-hybridized carbons (Fsp3) is 0.600. The van der Waals surface area contributed by atoms with Crippen LogP contribution in [0.3, 0.4) is 0 Å². The van der Waals surface area contributed by atoms with Gasteiger partial charge in [-0.15, -0.1) is 0 Å². The van der Waals surface area contributed by atoms with Crippen LogP contribution in [0.5, 0.6) is 0 Å². The number of nitrogens with zero attached hydrogens (tertiary/aromatic N) is 1. The zero-order chi connectivity index (χ0) is 8.89. The number of aryl methyl sites for hydroxylation is 1. The van der Waals surface area contributed by atoms with Crippen LogP contribution in [0.25, 0.3) is 0 Å². The van der Waals surface area contributed by atoms with E-state index in [-0.39, 0.29) is 11.2 Å². The summed E-state index contributed by atoms with van der Waals surface area (Å²) in [4.78, 5) is 12.0. The molecule has 1 aromatic rings. The van der Waals surface area contributed by atoms with Crippen molar-refractivity contribution in [2.24, 2.45) is 5.41 Å². The SMILES string of the molecule is O=C1c2cnoc2CCC12CCC2. The van der Waals surface area contributed by atoms with Gasteiger partial charge in [0.2, 0.25) is 0 Å². The fourth-order valence-corrected chi connectivity index (χ4v) is 2.46. The molecule has 0 radical (unpaired) electrons. The normalized spacial score (nSPS) is 24.2. The molecule has 13 heavy (non-hydrogen) atoms. The van der Waals surface area contributed by atoms with Crippen molar-refractivity contribution in [2.45, 2.75) is 32.1 Å². The van der Waals surface area contributed by atoms with Gasteiger partial charge in [0.05, 0.1) is 11.8 Å². The predicted octanol–water partition coefficient (Wildman–Crippen LogP) is 1.97. The summed E-state index contributed by atoms with van der Waals surface area (Å²) < 4.78 is 5.02. The van der Waals surface area contributed by atoms with Gasteiger partial charge in [-0.05, 0) is 19.3 Å². The van der Waals surface area contributed by atoms with Crippen molar-refractivity contribution >= 4 is 5.78 Å². The summed E-state index contributed by atoms with van der Waals surface area (Å²) in [6.07, 6.45) is 6.77. The summed E-state index contributed by atoms with van der Waals surface area (Å²) in [5.74, 6) is 1.07. The van der Waals surface area contributed by atoms with E-state index in [2.05, 4.69) is 5.16 Å². The van der Waals surface area contributed by atoms with E-state index >= 15 is 0 Å². The van der Waals surface area contributed by atoms with Crippen LogP contribution in [0.15, 0.2) is 10.7 Å². The lowest BCUT2D eigenvalue weighted by molar-refractivity contribution is 0.0542. The molecule has 0 amide bonds. The van der Waals surface area contributed by atoms with E-state index in [4.69, 9.17) is 4.52 Å². The monoisotopic (exact) mass is 177 g/mol. The smallest absolute Gasteiger partial charge is 0.174 e. The molecule has 0 aliphatic heterocycles. The number of carbonyl (C=O) groups is 1. The van der Waals surface area contributed by atoms with Gasteiger partial charge in [-0.1, -0.05) is 11.6 Å². The van der Waals surface area contributed by atoms with Crippen LogP contribution in [-0.2, 0) is 6.42 Å². The maximum Gasteiger partial charge on any atom is 0.174 e. The van der Waals surface area contributed by atoms with Gasteiger partial charge >= 0.3 is 0 Å². The Bertz CT molecular complexity index is 363. The molecule has 2 aliphatic carbocycles. The third kappa shape index (κ3) is 0.794. The summed E-state index contributed by atoms with van der Waals surface area (Å²) in [6.45, 7) is 0. The van der Waals surface area contributed by atoms with Gasteiger partial charge in [0, 0.05) is 11.8 Å². The molecule has 0 bridgehead atoms. The van der Waals surface area contributed by atoms with Crippen LogP contribution in [-0.4, -0.2) is 10.9 Å². The van der Waals surface area contributed by atoms with Gasteiger partial charge in [-0.2, -0.15) is 0 Å². The predicted molar refractivity (Wildman–Crippen MR) is 45.4 cm³/mol.